The zero-order valence-electron chi connectivity index (χ0n) is 8.32. The first-order valence-corrected chi connectivity index (χ1v) is 5.09. The Morgan fingerprint density at radius 1 is 1.25 bits per heavy atom. The van der Waals surface area contributed by atoms with Crippen molar-refractivity contribution in [3.63, 3.8) is 0 Å². The lowest BCUT2D eigenvalue weighted by Crippen LogP contribution is -1.89. The van der Waals surface area contributed by atoms with Crippen molar-refractivity contribution in [2.24, 2.45) is 0 Å². The van der Waals surface area contributed by atoms with E-state index in [-0.39, 0.29) is 12.4 Å². The van der Waals surface area contributed by atoms with Crippen molar-refractivity contribution < 1.29 is 9.50 Å². The van der Waals surface area contributed by atoms with Gasteiger partial charge in [-0.3, -0.25) is 4.98 Å². The minimum atomic E-state index is -0.382. The van der Waals surface area contributed by atoms with Crippen LogP contribution in [0.4, 0.5) is 4.39 Å². The highest BCUT2D eigenvalue weighted by Crippen LogP contribution is 2.27. The van der Waals surface area contributed by atoms with Gasteiger partial charge < -0.3 is 5.11 Å². The van der Waals surface area contributed by atoms with Crippen LogP contribution in [0, 0.1) is 5.82 Å². The van der Waals surface area contributed by atoms with Gasteiger partial charge in [0, 0.05) is 11.8 Å². The highest BCUT2D eigenvalue weighted by Gasteiger charge is 2.06. The molecule has 82 valence electrons. The molecule has 0 saturated carbocycles. The van der Waals surface area contributed by atoms with Crippen LogP contribution in [0.1, 0.15) is 5.56 Å². The number of aliphatic hydroxyl groups is 1. The van der Waals surface area contributed by atoms with Gasteiger partial charge in [-0.05, 0) is 35.9 Å². The number of rotatable bonds is 2. The van der Waals surface area contributed by atoms with Crippen molar-refractivity contribution in [2.45, 2.75) is 6.61 Å². The SMILES string of the molecule is OCc1ccnc(-c2ccc(F)cc2Cl)c1. The van der Waals surface area contributed by atoms with Crippen LogP contribution >= 0.6 is 11.6 Å². The molecule has 2 nitrogen and oxygen atoms in total. The predicted molar refractivity (Wildman–Crippen MR) is 60.6 cm³/mol. The van der Waals surface area contributed by atoms with E-state index in [1.165, 1.54) is 12.1 Å². The molecule has 4 heteroatoms. The van der Waals surface area contributed by atoms with Crippen LogP contribution in [0.5, 0.6) is 0 Å². The Morgan fingerprint density at radius 2 is 2.06 bits per heavy atom. The number of halogens is 2. The molecule has 1 N–H and O–H groups in total. The summed E-state index contributed by atoms with van der Waals surface area (Å²) < 4.78 is 12.9. The summed E-state index contributed by atoms with van der Waals surface area (Å²) in [5.41, 5.74) is 2.01. The summed E-state index contributed by atoms with van der Waals surface area (Å²) in [6.45, 7) is -0.0612. The molecule has 1 aromatic carbocycles. The quantitative estimate of drug-likeness (QED) is 0.871. The van der Waals surface area contributed by atoms with E-state index >= 15 is 0 Å². The van der Waals surface area contributed by atoms with Crippen molar-refractivity contribution in [3.8, 4) is 11.3 Å². The van der Waals surface area contributed by atoms with Crippen molar-refractivity contribution in [1.29, 1.82) is 0 Å². The molecule has 0 unspecified atom stereocenters. The summed E-state index contributed by atoms with van der Waals surface area (Å²) in [7, 11) is 0. The molecule has 0 bridgehead atoms. The van der Waals surface area contributed by atoms with Crippen molar-refractivity contribution in [2.75, 3.05) is 0 Å². The average Bonchev–Trinajstić information content (AvgIpc) is 2.29. The van der Waals surface area contributed by atoms with E-state index < -0.39 is 0 Å². The van der Waals surface area contributed by atoms with Gasteiger partial charge in [-0.2, -0.15) is 0 Å². The number of nitrogens with zero attached hydrogens (tertiary/aromatic N) is 1. The predicted octanol–water partition coefficient (Wildman–Crippen LogP) is 3.03. The summed E-state index contributed by atoms with van der Waals surface area (Å²) in [5, 5.41) is 9.31. The van der Waals surface area contributed by atoms with E-state index in [4.69, 9.17) is 16.7 Å². The van der Waals surface area contributed by atoms with Gasteiger partial charge in [0.2, 0.25) is 0 Å². The standard InChI is InChI=1S/C12H9ClFNO/c13-11-6-9(14)1-2-10(11)12-5-8(7-16)3-4-15-12/h1-6,16H,7H2. The highest BCUT2D eigenvalue weighted by molar-refractivity contribution is 6.33. The van der Waals surface area contributed by atoms with E-state index in [0.29, 0.717) is 16.3 Å². The van der Waals surface area contributed by atoms with Gasteiger partial charge in [0.05, 0.1) is 17.3 Å². The summed E-state index contributed by atoms with van der Waals surface area (Å²) in [6, 6.07) is 7.57. The minimum absolute atomic E-state index is 0.0612. The Labute approximate surface area is 97.3 Å². The Morgan fingerprint density at radius 3 is 2.75 bits per heavy atom. The van der Waals surface area contributed by atoms with E-state index in [9.17, 15) is 4.39 Å². The Balaban J connectivity index is 2.49. The van der Waals surface area contributed by atoms with Gasteiger partial charge in [0.25, 0.3) is 0 Å². The summed E-state index contributed by atoms with van der Waals surface area (Å²) in [6.07, 6.45) is 1.58. The molecule has 2 rings (SSSR count). The lowest BCUT2D eigenvalue weighted by molar-refractivity contribution is 0.282. The molecule has 2 aromatic rings. The van der Waals surface area contributed by atoms with Crippen molar-refractivity contribution >= 4 is 11.6 Å². The fourth-order valence-electron chi connectivity index (χ4n) is 1.42. The molecule has 0 aliphatic heterocycles. The monoisotopic (exact) mass is 237 g/mol. The zero-order valence-corrected chi connectivity index (χ0v) is 9.08. The maximum Gasteiger partial charge on any atom is 0.124 e. The van der Waals surface area contributed by atoms with Gasteiger partial charge >= 0.3 is 0 Å². The van der Waals surface area contributed by atoms with Gasteiger partial charge in [0.15, 0.2) is 0 Å². The first-order chi connectivity index (χ1) is 7.70. The Kier molecular flexibility index (Phi) is 3.17. The second-order valence-corrected chi connectivity index (χ2v) is 3.74. The average molecular weight is 238 g/mol. The third kappa shape index (κ3) is 2.21. The smallest absolute Gasteiger partial charge is 0.124 e. The largest absolute Gasteiger partial charge is 0.392 e. The van der Waals surface area contributed by atoms with E-state index in [0.717, 1.165) is 5.56 Å². The summed E-state index contributed by atoms with van der Waals surface area (Å²) in [5.74, 6) is -0.382. The first-order valence-electron chi connectivity index (χ1n) is 4.72. The lowest BCUT2D eigenvalue weighted by atomic mass is 10.1. The number of aliphatic hydroxyl groups excluding tert-OH is 1. The maximum absolute atomic E-state index is 12.9. The van der Waals surface area contributed by atoms with E-state index in [1.54, 1.807) is 24.4 Å². The molecule has 0 radical (unpaired) electrons. The third-order valence-electron chi connectivity index (χ3n) is 2.21. The van der Waals surface area contributed by atoms with E-state index in [2.05, 4.69) is 4.98 Å². The van der Waals surface area contributed by atoms with Crippen LogP contribution in [0.25, 0.3) is 11.3 Å². The molecule has 0 saturated heterocycles. The molecule has 1 aromatic heterocycles. The normalized spacial score (nSPS) is 10.4. The van der Waals surface area contributed by atoms with E-state index in [1.807, 2.05) is 0 Å². The number of pyridine rings is 1. The Bertz CT molecular complexity index is 516. The van der Waals surface area contributed by atoms with Crippen LogP contribution < -0.4 is 0 Å². The summed E-state index contributed by atoms with van der Waals surface area (Å²) >= 11 is 5.92. The van der Waals surface area contributed by atoms with Gasteiger partial charge in [-0.15, -0.1) is 0 Å². The molecule has 0 aliphatic rings. The molecule has 0 amide bonds. The molecule has 0 atom stereocenters. The minimum Gasteiger partial charge on any atom is -0.392 e. The van der Waals surface area contributed by atoms with Crippen LogP contribution in [-0.2, 0) is 6.61 Å². The van der Waals surface area contributed by atoms with Gasteiger partial charge in [-0.1, -0.05) is 11.6 Å². The Hall–Kier alpha value is -1.45. The lowest BCUT2D eigenvalue weighted by Gasteiger charge is -2.05. The van der Waals surface area contributed by atoms with Gasteiger partial charge in [-0.25, -0.2) is 4.39 Å². The third-order valence-corrected chi connectivity index (χ3v) is 2.53. The fourth-order valence-corrected chi connectivity index (χ4v) is 1.68. The molecule has 0 aliphatic carbocycles. The second kappa shape index (κ2) is 4.60. The number of benzene rings is 1. The zero-order chi connectivity index (χ0) is 11.5. The molecule has 1 heterocycles. The van der Waals surface area contributed by atoms with Crippen molar-refractivity contribution in [1.82, 2.24) is 4.98 Å². The summed E-state index contributed by atoms with van der Waals surface area (Å²) in [4.78, 5) is 4.13. The molecule has 0 spiro atoms. The second-order valence-electron chi connectivity index (χ2n) is 3.33. The first kappa shape index (κ1) is 11.0. The molecule has 16 heavy (non-hydrogen) atoms. The molecule has 0 fully saturated rings. The molecular formula is C12H9ClFNO. The van der Waals surface area contributed by atoms with Crippen molar-refractivity contribution in [3.05, 3.63) is 52.9 Å². The highest BCUT2D eigenvalue weighted by atomic mass is 35.5. The fraction of sp³-hybridized carbons (Fsp3) is 0.0833. The number of aromatic nitrogens is 1. The number of hydrogen-bond donors (Lipinski definition) is 1. The topological polar surface area (TPSA) is 33.1 Å². The number of hydrogen-bond acceptors (Lipinski definition) is 2. The van der Waals surface area contributed by atoms with Gasteiger partial charge in [0.1, 0.15) is 5.82 Å². The molecular weight excluding hydrogens is 229 g/mol. The van der Waals surface area contributed by atoms with Crippen LogP contribution in [0.2, 0.25) is 5.02 Å². The maximum atomic E-state index is 12.9. The van der Waals surface area contributed by atoms with Crippen LogP contribution in [-0.4, -0.2) is 10.1 Å². The van der Waals surface area contributed by atoms with Crippen LogP contribution in [0.3, 0.4) is 0 Å². The van der Waals surface area contributed by atoms with Crippen LogP contribution in [0.15, 0.2) is 36.5 Å².